The lowest BCUT2D eigenvalue weighted by Crippen LogP contribution is -2.30. The fraction of sp³-hybridized carbons (Fsp3) is 0.250. The van der Waals surface area contributed by atoms with Crippen LogP contribution in [-0.2, 0) is 11.2 Å². The van der Waals surface area contributed by atoms with Gasteiger partial charge in [-0.15, -0.1) is 0 Å². The smallest absolute Gasteiger partial charge is 0.227 e. The number of amides is 1. The number of likely N-dealkylation sites (tertiary alicyclic amines) is 1. The van der Waals surface area contributed by atoms with E-state index in [4.69, 9.17) is 0 Å². The van der Waals surface area contributed by atoms with Crippen LogP contribution in [0.25, 0.3) is 22.1 Å². The quantitative estimate of drug-likeness (QED) is 0.621. The van der Waals surface area contributed by atoms with Gasteiger partial charge in [-0.3, -0.25) is 4.79 Å². The van der Waals surface area contributed by atoms with E-state index in [-0.39, 0.29) is 11.9 Å². The number of benzene rings is 1. The van der Waals surface area contributed by atoms with Crippen molar-refractivity contribution in [1.82, 2.24) is 24.4 Å². The first-order valence-corrected chi connectivity index (χ1v) is 8.90. The van der Waals surface area contributed by atoms with E-state index >= 15 is 0 Å². The highest BCUT2D eigenvalue weighted by atomic mass is 16.2. The normalized spacial score (nSPS) is 17.4. The van der Waals surface area contributed by atoms with Gasteiger partial charge in [0.15, 0.2) is 0 Å². The summed E-state index contributed by atoms with van der Waals surface area (Å²) in [4.78, 5) is 26.7. The molecule has 0 unspecified atom stereocenters. The molecule has 1 N–H and O–H groups in total. The molecule has 6 nitrogen and oxygen atoms in total. The number of nitrogens with zero attached hydrogens (tertiary/aromatic N) is 4. The van der Waals surface area contributed by atoms with Gasteiger partial charge in [0.2, 0.25) is 5.91 Å². The number of rotatable bonds is 3. The third-order valence-electron chi connectivity index (χ3n) is 5.23. The number of fused-ring (bicyclic) bond motifs is 3. The summed E-state index contributed by atoms with van der Waals surface area (Å²) in [5.41, 5.74) is 3.92. The summed E-state index contributed by atoms with van der Waals surface area (Å²) in [5.74, 6) is 0.191. The Morgan fingerprint density at radius 2 is 2.08 bits per heavy atom. The van der Waals surface area contributed by atoms with Crippen LogP contribution in [0.15, 0.2) is 55.1 Å². The molecule has 0 aliphatic carbocycles. The fourth-order valence-corrected chi connectivity index (χ4v) is 3.89. The number of aromatic nitrogens is 4. The summed E-state index contributed by atoms with van der Waals surface area (Å²) in [6.45, 7) is 1.52. The molecule has 1 atom stereocenters. The van der Waals surface area contributed by atoms with E-state index in [1.165, 1.54) is 0 Å². The van der Waals surface area contributed by atoms with Crippen molar-refractivity contribution < 1.29 is 4.79 Å². The Labute approximate surface area is 150 Å². The minimum atomic E-state index is 0.191. The molecule has 1 aliphatic rings. The molecule has 0 bridgehead atoms. The molecule has 5 rings (SSSR count). The van der Waals surface area contributed by atoms with Gasteiger partial charge in [-0.1, -0.05) is 30.3 Å². The molecule has 1 fully saturated rings. The van der Waals surface area contributed by atoms with Gasteiger partial charge in [0.25, 0.3) is 0 Å². The van der Waals surface area contributed by atoms with Crippen LogP contribution < -0.4 is 0 Å². The summed E-state index contributed by atoms with van der Waals surface area (Å²) < 4.78 is 2.21. The van der Waals surface area contributed by atoms with Gasteiger partial charge in [0.05, 0.1) is 30.5 Å². The SMILES string of the molecule is O=C(Cc1ccccc1)N1CC[C@@H](n2cnc3cnc4[nH]ccc4c32)C1. The lowest BCUT2D eigenvalue weighted by molar-refractivity contribution is -0.129. The lowest BCUT2D eigenvalue weighted by atomic mass is 10.1. The van der Waals surface area contributed by atoms with Crippen molar-refractivity contribution in [3.8, 4) is 0 Å². The zero-order valence-corrected chi connectivity index (χ0v) is 14.3. The third kappa shape index (κ3) is 2.45. The largest absolute Gasteiger partial charge is 0.346 e. The zero-order chi connectivity index (χ0) is 17.5. The van der Waals surface area contributed by atoms with Crippen LogP contribution in [0.3, 0.4) is 0 Å². The minimum absolute atomic E-state index is 0.191. The number of aromatic amines is 1. The Morgan fingerprint density at radius 3 is 2.96 bits per heavy atom. The monoisotopic (exact) mass is 345 g/mol. The molecule has 0 saturated carbocycles. The van der Waals surface area contributed by atoms with Gasteiger partial charge in [0.1, 0.15) is 11.2 Å². The van der Waals surface area contributed by atoms with Gasteiger partial charge in [-0.05, 0) is 18.1 Å². The summed E-state index contributed by atoms with van der Waals surface area (Å²) >= 11 is 0. The second kappa shape index (κ2) is 5.98. The third-order valence-corrected chi connectivity index (χ3v) is 5.23. The van der Waals surface area contributed by atoms with Gasteiger partial charge in [-0.2, -0.15) is 0 Å². The first-order chi connectivity index (χ1) is 12.8. The van der Waals surface area contributed by atoms with Gasteiger partial charge in [-0.25, -0.2) is 9.97 Å². The Balaban J connectivity index is 1.40. The Bertz CT molecular complexity index is 1080. The molecule has 4 heterocycles. The van der Waals surface area contributed by atoms with Crippen molar-refractivity contribution >= 4 is 28.0 Å². The predicted molar refractivity (Wildman–Crippen MR) is 99.8 cm³/mol. The Hall–Kier alpha value is -3.15. The lowest BCUT2D eigenvalue weighted by Gasteiger charge is -2.17. The average molecular weight is 345 g/mol. The van der Waals surface area contributed by atoms with Crippen LogP contribution in [0, 0.1) is 0 Å². The molecule has 26 heavy (non-hydrogen) atoms. The fourth-order valence-electron chi connectivity index (χ4n) is 3.89. The van der Waals surface area contributed by atoms with Crippen LogP contribution in [0.2, 0.25) is 0 Å². The highest BCUT2D eigenvalue weighted by Gasteiger charge is 2.28. The summed E-state index contributed by atoms with van der Waals surface area (Å²) in [6, 6.07) is 12.2. The van der Waals surface area contributed by atoms with Gasteiger partial charge >= 0.3 is 0 Å². The molecule has 0 spiro atoms. The number of H-pyrrole nitrogens is 1. The van der Waals surface area contributed by atoms with Gasteiger partial charge in [0, 0.05) is 24.7 Å². The van der Waals surface area contributed by atoms with Crippen molar-refractivity contribution in [2.45, 2.75) is 18.9 Å². The van der Waals surface area contributed by atoms with Crippen LogP contribution in [0.4, 0.5) is 0 Å². The van der Waals surface area contributed by atoms with E-state index in [0.717, 1.165) is 47.1 Å². The molecule has 0 radical (unpaired) electrons. The highest BCUT2D eigenvalue weighted by Crippen LogP contribution is 2.29. The van der Waals surface area contributed by atoms with Crippen LogP contribution in [0.1, 0.15) is 18.0 Å². The molecule has 1 amide bonds. The van der Waals surface area contributed by atoms with Crippen LogP contribution in [0.5, 0.6) is 0 Å². The number of hydrogen-bond donors (Lipinski definition) is 1. The highest BCUT2D eigenvalue weighted by molar-refractivity contribution is 6.01. The van der Waals surface area contributed by atoms with Crippen molar-refractivity contribution in [3.05, 3.63) is 60.7 Å². The van der Waals surface area contributed by atoms with Crippen molar-refractivity contribution in [1.29, 1.82) is 0 Å². The number of imidazole rings is 1. The molecule has 3 aromatic heterocycles. The first kappa shape index (κ1) is 15.1. The molecule has 130 valence electrons. The number of hydrogen-bond acceptors (Lipinski definition) is 3. The second-order valence-electron chi connectivity index (χ2n) is 6.83. The number of carbonyl (C=O) groups is 1. The standard InChI is InChI=1S/C20H19N5O/c26-18(10-14-4-2-1-3-5-14)24-9-7-15(12-24)25-13-23-17-11-22-20-16(19(17)25)6-8-21-20/h1-6,8,11,13,15H,7,9-10,12H2,(H,21,22)/t15-/m1/s1. The Kier molecular flexibility index (Phi) is 3.48. The molecule has 1 aliphatic heterocycles. The van der Waals surface area contributed by atoms with E-state index in [1.54, 1.807) is 6.20 Å². The average Bonchev–Trinajstić information content (AvgIpc) is 3.39. The van der Waals surface area contributed by atoms with E-state index in [2.05, 4.69) is 19.5 Å². The molecule has 6 heteroatoms. The maximum atomic E-state index is 12.7. The summed E-state index contributed by atoms with van der Waals surface area (Å²) in [7, 11) is 0. The molecular formula is C20H19N5O. The summed E-state index contributed by atoms with van der Waals surface area (Å²) in [6.07, 6.45) is 7.00. The maximum absolute atomic E-state index is 12.7. The van der Waals surface area contributed by atoms with Crippen molar-refractivity contribution in [2.75, 3.05) is 13.1 Å². The minimum Gasteiger partial charge on any atom is -0.346 e. The van der Waals surface area contributed by atoms with Crippen LogP contribution in [-0.4, -0.2) is 43.4 Å². The summed E-state index contributed by atoms with van der Waals surface area (Å²) in [5, 5.41) is 1.08. The van der Waals surface area contributed by atoms with Crippen molar-refractivity contribution in [3.63, 3.8) is 0 Å². The second-order valence-corrected chi connectivity index (χ2v) is 6.83. The topological polar surface area (TPSA) is 66.8 Å². The Morgan fingerprint density at radius 1 is 1.19 bits per heavy atom. The maximum Gasteiger partial charge on any atom is 0.227 e. The number of pyridine rings is 1. The van der Waals surface area contributed by atoms with Crippen LogP contribution >= 0.6 is 0 Å². The van der Waals surface area contributed by atoms with Gasteiger partial charge < -0.3 is 14.5 Å². The molecule has 4 aromatic rings. The molecular weight excluding hydrogens is 326 g/mol. The molecule has 1 aromatic carbocycles. The number of nitrogens with one attached hydrogen (secondary N) is 1. The molecule has 1 saturated heterocycles. The van der Waals surface area contributed by atoms with Crippen molar-refractivity contribution in [2.24, 2.45) is 0 Å². The van der Waals surface area contributed by atoms with E-state index in [9.17, 15) is 4.79 Å². The predicted octanol–water partition coefficient (Wildman–Crippen LogP) is 2.93. The first-order valence-electron chi connectivity index (χ1n) is 8.90. The van der Waals surface area contributed by atoms with E-state index < -0.39 is 0 Å². The zero-order valence-electron chi connectivity index (χ0n) is 14.3. The number of carbonyl (C=O) groups excluding carboxylic acids is 1. The van der Waals surface area contributed by atoms with E-state index in [1.807, 2.05) is 53.8 Å². The van der Waals surface area contributed by atoms with E-state index in [0.29, 0.717) is 6.42 Å².